The molecule has 2 aromatic carbocycles. The standard InChI is InChI=1S/C19H18N2O5/c1-12-7-8-14(9-17(12)21(25)26)18(22)20-10-15(16(11-20)19(23)24)13-5-3-2-4-6-13/h2-9,15-16H,10-11H2,1H3,(H,23,24). The molecule has 1 amide bonds. The Balaban J connectivity index is 1.88. The predicted molar refractivity (Wildman–Crippen MR) is 94.0 cm³/mol. The second kappa shape index (κ2) is 6.95. The van der Waals surface area contributed by atoms with E-state index in [1.807, 2.05) is 30.3 Å². The largest absolute Gasteiger partial charge is 0.481 e. The van der Waals surface area contributed by atoms with E-state index in [9.17, 15) is 24.8 Å². The molecule has 7 nitrogen and oxygen atoms in total. The molecule has 7 heteroatoms. The summed E-state index contributed by atoms with van der Waals surface area (Å²) in [6.07, 6.45) is 0. The second-order valence-corrected chi connectivity index (χ2v) is 6.43. The number of carbonyl (C=O) groups excluding carboxylic acids is 1. The van der Waals surface area contributed by atoms with Crippen LogP contribution in [0.1, 0.15) is 27.4 Å². The molecule has 0 radical (unpaired) electrons. The lowest BCUT2D eigenvalue weighted by molar-refractivity contribution is -0.385. The van der Waals surface area contributed by atoms with Crippen molar-refractivity contribution in [3.05, 3.63) is 75.3 Å². The maximum Gasteiger partial charge on any atom is 0.308 e. The Hall–Kier alpha value is -3.22. The van der Waals surface area contributed by atoms with Gasteiger partial charge in [0.2, 0.25) is 0 Å². The number of carboxylic acid groups (broad SMARTS) is 1. The number of hydrogen-bond donors (Lipinski definition) is 1. The van der Waals surface area contributed by atoms with Gasteiger partial charge in [-0.2, -0.15) is 0 Å². The van der Waals surface area contributed by atoms with Gasteiger partial charge in [-0.25, -0.2) is 0 Å². The van der Waals surface area contributed by atoms with Crippen LogP contribution in [0.3, 0.4) is 0 Å². The molecule has 0 bridgehead atoms. The minimum absolute atomic E-state index is 0.0788. The van der Waals surface area contributed by atoms with Crippen molar-refractivity contribution in [1.82, 2.24) is 4.90 Å². The number of carbonyl (C=O) groups is 2. The third-order valence-electron chi connectivity index (χ3n) is 4.80. The highest BCUT2D eigenvalue weighted by atomic mass is 16.6. The van der Waals surface area contributed by atoms with Gasteiger partial charge in [-0.15, -0.1) is 0 Å². The molecule has 26 heavy (non-hydrogen) atoms. The van der Waals surface area contributed by atoms with Gasteiger partial charge in [0, 0.05) is 36.2 Å². The molecule has 1 aliphatic heterocycles. The maximum absolute atomic E-state index is 12.8. The lowest BCUT2D eigenvalue weighted by Gasteiger charge is -2.16. The fraction of sp³-hybridized carbons (Fsp3) is 0.263. The molecule has 0 spiro atoms. The molecule has 0 aliphatic carbocycles. The van der Waals surface area contributed by atoms with Crippen LogP contribution in [0.4, 0.5) is 5.69 Å². The Morgan fingerprint density at radius 3 is 2.46 bits per heavy atom. The molecule has 1 saturated heterocycles. The number of nitrogens with zero attached hydrogens (tertiary/aromatic N) is 2. The van der Waals surface area contributed by atoms with E-state index >= 15 is 0 Å². The van der Waals surface area contributed by atoms with Crippen molar-refractivity contribution in [1.29, 1.82) is 0 Å². The summed E-state index contributed by atoms with van der Waals surface area (Å²) < 4.78 is 0. The summed E-state index contributed by atoms with van der Waals surface area (Å²) in [4.78, 5) is 36.5. The smallest absolute Gasteiger partial charge is 0.308 e. The number of hydrogen-bond acceptors (Lipinski definition) is 4. The topological polar surface area (TPSA) is 101 Å². The minimum atomic E-state index is -0.955. The molecule has 2 atom stereocenters. The van der Waals surface area contributed by atoms with E-state index < -0.39 is 22.7 Å². The highest BCUT2D eigenvalue weighted by Gasteiger charge is 2.40. The molecule has 2 aromatic rings. The highest BCUT2D eigenvalue weighted by molar-refractivity contribution is 5.95. The Kier molecular flexibility index (Phi) is 4.71. The number of nitro groups is 1. The third kappa shape index (κ3) is 3.28. The number of aryl methyl sites for hydroxylation is 1. The summed E-state index contributed by atoms with van der Waals surface area (Å²) >= 11 is 0. The van der Waals surface area contributed by atoms with Gasteiger partial charge >= 0.3 is 5.97 Å². The number of rotatable bonds is 4. The van der Waals surface area contributed by atoms with E-state index in [0.29, 0.717) is 5.56 Å². The predicted octanol–water partition coefficient (Wildman–Crippen LogP) is 2.84. The normalized spacial score (nSPS) is 19.3. The molecular weight excluding hydrogens is 336 g/mol. The molecule has 1 fully saturated rings. The summed E-state index contributed by atoms with van der Waals surface area (Å²) in [7, 11) is 0. The average Bonchev–Trinajstić information content (AvgIpc) is 3.07. The summed E-state index contributed by atoms with van der Waals surface area (Å²) in [5.41, 5.74) is 1.41. The highest BCUT2D eigenvalue weighted by Crippen LogP contribution is 2.34. The molecule has 134 valence electrons. The van der Waals surface area contributed by atoms with Crippen LogP contribution in [-0.4, -0.2) is 39.9 Å². The van der Waals surface area contributed by atoms with Crippen LogP contribution >= 0.6 is 0 Å². The Labute approximate surface area is 150 Å². The first-order valence-electron chi connectivity index (χ1n) is 8.20. The van der Waals surface area contributed by atoms with E-state index in [0.717, 1.165) is 5.56 Å². The fourth-order valence-corrected chi connectivity index (χ4v) is 3.38. The van der Waals surface area contributed by atoms with Gasteiger partial charge in [0.15, 0.2) is 0 Å². The van der Waals surface area contributed by atoms with Crippen molar-refractivity contribution in [2.75, 3.05) is 13.1 Å². The van der Waals surface area contributed by atoms with Crippen molar-refractivity contribution in [3.8, 4) is 0 Å². The zero-order chi connectivity index (χ0) is 18.8. The molecule has 1 N–H and O–H groups in total. The number of benzene rings is 2. The fourth-order valence-electron chi connectivity index (χ4n) is 3.38. The van der Waals surface area contributed by atoms with Crippen LogP contribution in [0.15, 0.2) is 48.5 Å². The van der Waals surface area contributed by atoms with Crippen LogP contribution in [0.2, 0.25) is 0 Å². The van der Waals surface area contributed by atoms with Crippen molar-refractivity contribution in [2.45, 2.75) is 12.8 Å². The SMILES string of the molecule is Cc1ccc(C(=O)N2CC(C(=O)O)C(c3ccccc3)C2)cc1[N+](=O)[O-]. The van der Waals surface area contributed by atoms with Gasteiger partial charge in [-0.1, -0.05) is 36.4 Å². The Morgan fingerprint density at radius 1 is 1.15 bits per heavy atom. The number of carboxylic acids is 1. The number of likely N-dealkylation sites (tertiary alicyclic amines) is 1. The zero-order valence-corrected chi connectivity index (χ0v) is 14.2. The van der Waals surface area contributed by atoms with Gasteiger partial charge in [0.05, 0.1) is 10.8 Å². The molecule has 1 aliphatic rings. The van der Waals surface area contributed by atoms with Crippen molar-refractivity contribution in [2.24, 2.45) is 5.92 Å². The van der Waals surface area contributed by atoms with Gasteiger partial charge in [-0.05, 0) is 18.6 Å². The first-order chi connectivity index (χ1) is 12.4. The Bertz CT molecular complexity index is 865. The summed E-state index contributed by atoms with van der Waals surface area (Å²) in [6.45, 7) is 1.95. The summed E-state index contributed by atoms with van der Waals surface area (Å²) in [5.74, 6) is -2.36. The lowest BCUT2D eigenvalue weighted by atomic mass is 9.89. The van der Waals surface area contributed by atoms with E-state index in [1.165, 1.54) is 23.1 Å². The molecular formula is C19H18N2O5. The lowest BCUT2D eigenvalue weighted by Crippen LogP contribution is -2.30. The van der Waals surface area contributed by atoms with E-state index in [2.05, 4.69) is 0 Å². The van der Waals surface area contributed by atoms with Crippen LogP contribution in [0.5, 0.6) is 0 Å². The van der Waals surface area contributed by atoms with Crippen LogP contribution in [0, 0.1) is 23.0 Å². The molecule has 2 unspecified atom stereocenters. The second-order valence-electron chi connectivity index (χ2n) is 6.43. The quantitative estimate of drug-likeness (QED) is 0.672. The molecule has 3 rings (SSSR count). The first-order valence-corrected chi connectivity index (χ1v) is 8.20. The van der Waals surface area contributed by atoms with E-state index in [1.54, 1.807) is 6.92 Å². The average molecular weight is 354 g/mol. The number of aliphatic carboxylic acids is 1. The molecule has 0 saturated carbocycles. The van der Waals surface area contributed by atoms with Crippen LogP contribution in [-0.2, 0) is 4.79 Å². The molecule has 0 aromatic heterocycles. The number of amides is 1. The van der Waals surface area contributed by atoms with Gasteiger partial charge in [-0.3, -0.25) is 19.7 Å². The van der Waals surface area contributed by atoms with Crippen molar-refractivity contribution >= 4 is 17.6 Å². The monoisotopic (exact) mass is 354 g/mol. The van der Waals surface area contributed by atoms with Crippen LogP contribution in [0.25, 0.3) is 0 Å². The van der Waals surface area contributed by atoms with Gasteiger partial charge < -0.3 is 10.0 Å². The third-order valence-corrected chi connectivity index (χ3v) is 4.80. The minimum Gasteiger partial charge on any atom is -0.481 e. The Morgan fingerprint density at radius 2 is 1.85 bits per heavy atom. The number of nitro benzene ring substituents is 1. The molecule has 1 heterocycles. The van der Waals surface area contributed by atoms with E-state index in [4.69, 9.17) is 0 Å². The zero-order valence-electron chi connectivity index (χ0n) is 14.2. The first kappa shape index (κ1) is 17.6. The van der Waals surface area contributed by atoms with Crippen molar-refractivity contribution < 1.29 is 19.6 Å². The summed E-state index contributed by atoms with van der Waals surface area (Å²) in [5, 5.41) is 20.6. The van der Waals surface area contributed by atoms with Gasteiger partial charge in [0.1, 0.15) is 0 Å². The summed E-state index contributed by atoms with van der Waals surface area (Å²) in [6, 6.07) is 13.5. The van der Waals surface area contributed by atoms with Crippen molar-refractivity contribution in [3.63, 3.8) is 0 Å². The van der Waals surface area contributed by atoms with Crippen LogP contribution < -0.4 is 0 Å². The maximum atomic E-state index is 12.8. The van der Waals surface area contributed by atoms with Gasteiger partial charge in [0.25, 0.3) is 11.6 Å². The van der Waals surface area contributed by atoms with E-state index in [-0.39, 0.29) is 30.3 Å².